The molecule has 2 N–H and O–H groups in total. The lowest BCUT2D eigenvalue weighted by Crippen LogP contribution is -2.46. The Labute approximate surface area is 129 Å². The van der Waals surface area contributed by atoms with Crippen LogP contribution >= 0.6 is 0 Å². The first-order valence-corrected chi connectivity index (χ1v) is 7.42. The summed E-state index contributed by atoms with van der Waals surface area (Å²) in [5.74, 6) is -1.46. The van der Waals surface area contributed by atoms with Crippen LogP contribution in [0.25, 0.3) is 0 Å². The van der Waals surface area contributed by atoms with Crippen molar-refractivity contribution < 1.29 is 19.1 Å². The average Bonchev–Trinajstić information content (AvgIpc) is 2.50. The summed E-state index contributed by atoms with van der Waals surface area (Å²) in [6, 6.07) is 4.36. The van der Waals surface area contributed by atoms with Gasteiger partial charge in [-0.1, -0.05) is 12.1 Å². The Morgan fingerprint density at radius 1 is 1.36 bits per heavy atom. The van der Waals surface area contributed by atoms with Crippen LogP contribution in [0.2, 0.25) is 0 Å². The number of hydrogen-bond donors (Lipinski definition) is 2. The van der Waals surface area contributed by atoms with Crippen LogP contribution in [-0.4, -0.2) is 35.1 Å². The summed E-state index contributed by atoms with van der Waals surface area (Å²) in [6.45, 7) is 4.34. The van der Waals surface area contributed by atoms with Crippen LogP contribution in [0.3, 0.4) is 0 Å². The summed E-state index contributed by atoms with van der Waals surface area (Å²) in [5, 5.41) is 11.8. The van der Waals surface area contributed by atoms with Gasteiger partial charge in [0.1, 0.15) is 5.82 Å². The molecule has 1 aromatic rings. The maximum atomic E-state index is 13.6. The van der Waals surface area contributed by atoms with Gasteiger partial charge in [0, 0.05) is 13.1 Å². The molecule has 1 saturated heterocycles. The van der Waals surface area contributed by atoms with E-state index in [-0.39, 0.29) is 23.8 Å². The fourth-order valence-electron chi connectivity index (χ4n) is 2.57. The molecule has 120 valence electrons. The maximum absolute atomic E-state index is 13.6. The fourth-order valence-corrected chi connectivity index (χ4v) is 2.57. The van der Waals surface area contributed by atoms with Crippen molar-refractivity contribution in [3.8, 4) is 0 Å². The maximum Gasteiger partial charge on any atom is 0.317 e. The van der Waals surface area contributed by atoms with Crippen molar-refractivity contribution >= 4 is 12.0 Å². The molecule has 0 bridgehead atoms. The quantitative estimate of drug-likeness (QED) is 0.902. The fraction of sp³-hybridized carbons (Fsp3) is 0.500. The van der Waals surface area contributed by atoms with E-state index in [1.54, 1.807) is 30.9 Å². The first-order chi connectivity index (χ1) is 10.4. The number of carbonyl (C=O) groups is 2. The molecule has 2 amide bonds. The molecule has 0 saturated carbocycles. The molecule has 0 radical (unpaired) electrons. The molecule has 1 aliphatic rings. The summed E-state index contributed by atoms with van der Waals surface area (Å²) in [6.07, 6.45) is 0.937. The van der Waals surface area contributed by atoms with Crippen LogP contribution in [-0.2, 0) is 4.79 Å². The summed E-state index contributed by atoms with van der Waals surface area (Å²) in [5.41, 5.74) is 1.27. The molecule has 1 fully saturated rings. The summed E-state index contributed by atoms with van der Waals surface area (Å²) >= 11 is 0. The molecule has 1 aliphatic heterocycles. The number of aliphatic carboxylic acids is 1. The molecular formula is C16H21FN2O3. The summed E-state index contributed by atoms with van der Waals surface area (Å²) < 4.78 is 13.6. The topological polar surface area (TPSA) is 69.6 Å². The van der Waals surface area contributed by atoms with Gasteiger partial charge in [-0.25, -0.2) is 9.18 Å². The zero-order valence-electron chi connectivity index (χ0n) is 12.8. The van der Waals surface area contributed by atoms with Gasteiger partial charge in [-0.05, 0) is 43.9 Å². The van der Waals surface area contributed by atoms with Crippen molar-refractivity contribution in [2.24, 2.45) is 5.92 Å². The lowest BCUT2D eigenvalue weighted by Gasteiger charge is -2.31. The number of likely N-dealkylation sites (tertiary alicyclic amines) is 1. The number of benzene rings is 1. The number of piperidine rings is 1. The number of urea groups is 1. The number of hydrogen-bond acceptors (Lipinski definition) is 2. The molecule has 1 aromatic carbocycles. The molecule has 1 unspecified atom stereocenters. The van der Waals surface area contributed by atoms with Gasteiger partial charge in [0.2, 0.25) is 0 Å². The highest BCUT2D eigenvalue weighted by atomic mass is 19.1. The Kier molecular flexibility index (Phi) is 5.00. The number of carbonyl (C=O) groups excluding carboxylic acids is 1. The number of nitrogens with one attached hydrogen (secondary N) is 1. The second kappa shape index (κ2) is 6.77. The van der Waals surface area contributed by atoms with Gasteiger partial charge in [0.05, 0.1) is 12.0 Å². The van der Waals surface area contributed by atoms with Gasteiger partial charge in [-0.15, -0.1) is 0 Å². The molecule has 0 spiro atoms. The van der Waals surface area contributed by atoms with Crippen LogP contribution in [0, 0.1) is 18.7 Å². The minimum absolute atomic E-state index is 0.239. The molecule has 1 atom stereocenters. The summed E-state index contributed by atoms with van der Waals surface area (Å²) in [7, 11) is 0. The number of carboxylic acids is 1. The van der Waals surface area contributed by atoms with Gasteiger partial charge in [0.15, 0.2) is 0 Å². The van der Waals surface area contributed by atoms with E-state index in [0.717, 1.165) is 0 Å². The smallest absolute Gasteiger partial charge is 0.317 e. The Morgan fingerprint density at radius 3 is 2.55 bits per heavy atom. The minimum atomic E-state index is -0.802. The molecule has 6 heteroatoms. The monoisotopic (exact) mass is 308 g/mol. The third kappa shape index (κ3) is 3.75. The molecule has 0 aromatic heterocycles. The van der Waals surface area contributed by atoms with Crippen molar-refractivity contribution in [3.05, 3.63) is 35.1 Å². The predicted molar refractivity (Wildman–Crippen MR) is 80.0 cm³/mol. The van der Waals surface area contributed by atoms with E-state index in [9.17, 15) is 14.0 Å². The van der Waals surface area contributed by atoms with E-state index in [4.69, 9.17) is 5.11 Å². The largest absolute Gasteiger partial charge is 0.481 e. The van der Waals surface area contributed by atoms with Crippen LogP contribution in [0.15, 0.2) is 18.2 Å². The lowest BCUT2D eigenvalue weighted by atomic mass is 9.97. The van der Waals surface area contributed by atoms with E-state index in [1.165, 1.54) is 6.07 Å². The molecular weight excluding hydrogens is 287 g/mol. The number of rotatable bonds is 3. The molecule has 22 heavy (non-hydrogen) atoms. The first-order valence-electron chi connectivity index (χ1n) is 7.42. The normalized spacial score (nSPS) is 17.1. The predicted octanol–water partition coefficient (Wildman–Crippen LogP) is 2.70. The number of carboxylic acid groups (broad SMARTS) is 1. The van der Waals surface area contributed by atoms with Gasteiger partial charge < -0.3 is 15.3 Å². The van der Waals surface area contributed by atoms with Gasteiger partial charge in [-0.2, -0.15) is 0 Å². The highest BCUT2D eigenvalue weighted by Crippen LogP contribution is 2.19. The third-order valence-electron chi connectivity index (χ3n) is 4.17. The Bertz CT molecular complexity index is 569. The van der Waals surface area contributed by atoms with Crippen LogP contribution in [0.5, 0.6) is 0 Å². The van der Waals surface area contributed by atoms with E-state index in [2.05, 4.69) is 5.32 Å². The van der Waals surface area contributed by atoms with Crippen molar-refractivity contribution in [3.63, 3.8) is 0 Å². The van der Waals surface area contributed by atoms with E-state index in [1.807, 2.05) is 0 Å². The average molecular weight is 308 g/mol. The second-order valence-electron chi connectivity index (χ2n) is 5.78. The van der Waals surface area contributed by atoms with Gasteiger partial charge in [-0.3, -0.25) is 4.79 Å². The Balaban J connectivity index is 1.91. The van der Waals surface area contributed by atoms with Crippen molar-refractivity contribution in [2.45, 2.75) is 32.7 Å². The summed E-state index contributed by atoms with van der Waals surface area (Å²) in [4.78, 5) is 24.7. The molecule has 2 rings (SSSR count). The van der Waals surface area contributed by atoms with Gasteiger partial charge in [0.25, 0.3) is 0 Å². The van der Waals surface area contributed by atoms with Gasteiger partial charge >= 0.3 is 12.0 Å². The number of amides is 2. The number of aryl methyl sites for hydroxylation is 1. The standard InChI is InChI=1S/C16H21FN2O3/c1-10-3-4-13(9-14(10)17)11(2)18-16(22)19-7-5-12(6-8-19)15(20)21/h3-4,9,11-12H,5-8H2,1-2H3,(H,18,22)(H,20,21). The molecule has 1 heterocycles. The van der Waals surface area contributed by atoms with E-state index < -0.39 is 5.97 Å². The molecule has 5 nitrogen and oxygen atoms in total. The highest BCUT2D eigenvalue weighted by molar-refractivity contribution is 5.75. The van der Waals surface area contributed by atoms with Crippen LogP contribution in [0.1, 0.15) is 36.9 Å². The number of halogens is 1. The first kappa shape index (κ1) is 16.3. The molecule has 0 aliphatic carbocycles. The zero-order chi connectivity index (χ0) is 16.3. The Hall–Kier alpha value is -2.11. The van der Waals surface area contributed by atoms with Crippen LogP contribution in [0.4, 0.5) is 9.18 Å². The van der Waals surface area contributed by atoms with Crippen molar-refractivity contribution in [1.29, 1.82) is 0 Å². The Morgan fingerprint density at radius 2 is 2.00 bits per heavy atom. The second-order valence-corrected chi connectivity index (χ2v) is 5.78. The van der Waals surface area contributed by atoms with E-state index in [0.29, 0.717) is 37.1 Å². The van der Waals surface area contributed by atoms with Crippen LogP contribution < -0.4 is 5.32 Å². The third-order valence-corrected chi connectivity index (χ3v) is 4.17. The van der Waals surface area contributed by atoms with E-state index >= 15 is 0 Å². The zero-order valence-corrected chi connectivity index (χ0v) is 12.8. The van der Waals surface area contributed by atoms with Crippen molar-refractivity contribution in [1.82, 2.24) is 10.2 Å². The lowest BCUT2D eigenvalue weighted by molar-refractivity contribution is -0.143. The minimum Gasteiger partial charge on any atom is -0.481 e. The highest BCUT2D eigenvalue weighted by Gasteiger charge is 2.27. The SMILES string of the molecule is Cc1ccc(C(C)NC(=O)N2CCC(C(=O)O)CC2)cc1F. The van der Waals surface area contributed by atoms with Crippen molar-refractivity contribution in [2.75, 3.05) is 13.1 Å². The number of nitrogens with zero attached hydrogens (tertiary/aromatic N) is 1.